The maximum atomic E-state index is 12.3. The smallest absolute Gasteiger partial charge is 0.351 e. The average Bonchev–Trinajstić information content (AvgIpc) is 3.76. The Morgan fingerprint density at radius 2 is 1.38 bits per heavy atom. The Morgan fingerprint density at radius 1 is 0.911 bits per heavy atom. The highest BCUT2D eigenvalue weighted by atomic mass is 16.7. The zero-order valence-electron chi connectivity index (χ0n) is 26.1. The zero-order chi connectivity index (χ0) is 32.5. The van der Waals surface area contributed by atoms with Crippen LogP contribution < -0.4 is 22.4 Å². The van der Waals surface area contributed by atoms with E-state index < -0.39 is 35.5 Å². The van der Waals surface area contributed by atoms with E-state index in [2.05, 4.69) is 27.1 Å². The van der Waals surface area contributed by atoms with Crippen molar-refractivity contribution in [3.63, 3.8) is 0 Å². The van der Waals surface area contributed by atoms with Crippen molar-refractivity contribution in [1.29, 1.82) is 0 Å². The summed E-state index contributed by atoms with van der Waals surface area (Å²) in [5.41, 5.74) is 5.22. The van der Waals surface area contributed by atoms with E-state index in [-0.39, 0.29) is 43.0 Å². The lowest BCUT2D eigenvalue weighted by atomic mass is 9.96. The molecule has 242 valence electrons. The SMILES string of the molecule is C#CCOC1[C@@H]2OC[C@]1(CC)O[C@H]2n1cc(C)c(N)nc1=O.C#CCOC1[C@@H]2OC[C@]1(CC)O[C@H]2n1cc(C)c(NC)nc1=O. The summed E-state index contributed by atoms with van der Waals surface area (Å²) in [6, 6.07) is 0. The number of hydrogen-bond acceptors (Lipinski definition) is 12. The van der Waals surface area contributed by atoms with Gasteiger partial charge in [0, 0.05) is 30.6 Å². The van der Waals surface area contributed by atoms with Crippen LogP contribution in [0.5, 0.6) is 0 Å². The molecule has 45 heavy (non-hydrogen) atoms. The molecule has 3 N–H and O–H groups in total. The van der Waals surface area contributed by atoms with E-state index in [1.165, 1.54) is 9.13 Å². The second-order valence-electron chi connectivity index (χ2n) is 11.5. The lowest BCUT2D eigenvalue weighted by molar-refractivity contribution is -0.176. The molecule has 0 spiro atoms. The molecule has 4 bridgehead atoms. The molecule has 0 saturated carbocycles. The lowest BCUT2D eigenvalue weighted by Crippen LogP contribution is -2.41. The van der Waals surface area contributed by atoms with Crippen molar-refractivity contribution in [2.24, 2.45) is 0 Å². The van der Waals surface area contributed by atoms with Crippen LogP contribution in [0.4, 0.5) is 11.6 Å². The molecule has 2 unspecified atom stereocenters. The van der Waals surface area contributed by atoms with Gasteiger partial charge in [0.05, 0.1) is 13.2 Å². The number of fused-ring (bicyclic) bond motifs is 4. The molecule has 6 rings (SSSR count). The van der Waals surface area contributed by atoms with Crippen LogP contribution in [0, 0.1) is 38.5 Å². The molecular formula is C31H40N6O8. The van der Waals surface area contributed by atoms with E-state index in [1.54, 1.807) is 26.4 Å². The van der Waals surface area contributed by atoms with Crippen molar-refractivity contribution >= 4 is 11.6 Å². The summed E-state index contributed by atoms with van der Waals surface area (Å²) in [5.74, 6) is 5.70. The Hall–Kier alpha value is -3.76. The van der Waals surface area contributed by atoms with E-state index in [4.69, 9.17) is 47.0 Å². The number of hydrogen-bond donors (Lipinski definition) is 2. The molecular weight excluding hydrogens is 584 g/mol. The minimum absolute atomic E-state index is 0.177. The van der Waals surface area contributed by atoms with Crippen LogP contribution in [0.2, 0.25) is 0 Å². The van der Waals surface area contributed by atoms with Crippen LogP contribution in [0.3, 0.4) is 0 Å². The molecule has 4 fully saturated rings. The number of rotatable bonds is 9. The number of nitrogens with two attached hydrogens (primary N) is 1. The summed E-state index contributed by atoms with van der Waals surface area (Å²) in [6.45, 7) is 8.90. The third-order valence-electron chi connectivity index (χ3n) is 8.93. The number of nitrogens with one attached hydrogen (secondary N) is 1. The van der Waals surface area contributed by atoms with E-state index in [1.807, 2.05) is 20.8 Å². The van der Waals surface area contributed by atoms with Gasteiger partial charge in [-0.05, 0) is 26.7 Å². The molecule has 0 aliphatic carbocycles. The molecule has 0 amide bonds. The molecule has 0 radical (unpaired) electrons. The van der Waals surface area contributed by atoms with Crippen LogP contribution in [0.1, 0.15) is 50.3 Å². The first kappa shape index (κ1) is 32.6. The van der Waals surface area contributed by atoms with Crippen LogP contribution in [-0.4, -0.2) is 88.2 Å². The zero-order valence-corrected chi connectivity index (χ0v) is 26.1. The normalized spacial score (nSPS) is 32.5. The van der Waals surface area contributed by atoms with Gasteiger partial charge < -0.3 is 39.5 Å². The number of nitrogen functional groups attached to an aromatic ring is 1. The summed E-state index contributed by atoms with van der Waals surface area (Å²) < 4.78 is 38.4. The Morgan fingerprint density at radius 3 is 1.82 bits per heavy atom. The quantitative estimate of drug-likeness (QED) is 0.380. The van der Waals surface area contributed by atoms with E-state index in [9.17, 15) is 9.59 Å². The topological polar surface area (TPSA) is 163 Å². The fourth-order valence-corrected chi connectivity index (χ4v) is 6.43. The Balaban J connectivity index is 0.000000178. The molecule has 0 aromatic carbocycles. The van der Waals surface area contributed by atoms with Crippen molar-refractivity contribution in [2.75, 3.05) is 44.5 Å². The number of terminal acetylenes is 2. The van der Waals surface area contributed by atoms with Crippen LogP contribution in [0.25, 0.3) is 0 Å². The maximum Gasteiger partial charge on any atom is 0.351 e. The van der Waals surface area contributed by atoms with Gasteiger partial charge >= 0.3 is 11.4 Å². The fourth-order valence-electron chi connectivity index (χ4n) is 6.43. The first-order valence-electron chi connectivity index (χ1n) is 14.9. The molecule has 4 aliphatic rings. The van der Waals surface area contributed by atoms with Gasteiger partial charge in [-0.25, -0.2) is 9.59 Å². The highest BCUT2D eigenvalue weighted by Gasteiger charge is 2.63. The first-order valence-corrected chi connectivity index (χ1v) is 14.9. The van der Waals surface area contributed by atoms with Gasteiger partial charge in [-0.3, -0.25) is 9.13 Å². The summed E-state index contributed by atoms with van der Waals surface area (Å²) in [5, 5.41) is 2.90. The number of nitrogens with zero attached hydrogens (tertiary/aromatic N) is 4. The molecule has 4 aliphatic heterocycles. The van der Waals surface area contributed by atoms with E-state index in [0.29, 0.717) is 37.4 Å². The van der Waals surface area contributed by atoms with Gasteiger partial charge in [0.2, 0.25) is 0 Å². The molecule has 14 nitrogen and oxygen atoms in total. The predicted molar refractivity (Wildman–Crippen MR) is 163 cm³/mol. The largest absolute Gasteiger partial charge is 0.383 e. The summed E-state index contributed by atoms with van der Waals surface area (Å²) in [4.78, 5) is 32.3. The van der Waals surface area contributed by atoms with Crippen molar-refractivity contribution < 1.29 is 28.4 Å². The maximum absolute atomic E-state index is 12.3. The number of anilines is 2. The predicted octanol–water partition coefficient (Wildman–Crippen LogP) is 0.917. The molecule has 2 aromatic rings. The summed E-state index contributed by atoms with van der Waals surface area (Å²) in [6.07, 6.45) is 12.9. The van der Waals surface area contributed by atoms with E-state index in [0.717, 1.165) is 5.56 Å². The summed E-state index contributed by atoms with van der Waals surface area (Å²) >= 11 is 0. The molecule has 6 heterocycles. The second-order valence-corrected chi connectivity index (χ2v) is 11.5. The minimum atomic E-state index is -0.587. The second kappa shape index (κ2) is 12.9. The van der Waals surface area contributed by atoms with Gasteiger partial charge in [-0.15, -0.1) is 12.8 Å². The van der Waals surface area contributed by atoms with Gasteiger partial charge in [0.1, 0.15) is 60.5 Å². The van der Waals surface area contributed by atoms with Gasteiger partial charge in [0.25, 0.3) is 0 Å². The van der Waals surface area contributed by atoms with Crippen LogP contribution in [0.15, 0.2) is 22.0 Å². The average molecular weight is 625 g/mol. The molecule has 2 aromatic heterocycles. The fraction of sp³-hybridized carbons (Fsp3) is 0.613. The Labute approximate surface area is 261 Å². The molecule has 8 atom stereocenters. The molecule has 14 heteroatoms. The van der Waals surface area contributed by atoms with Crippen LogP contribution in [-0.2, 0) is 28.4 Å². The Kier molecular flexibility index (Phi) is 9.37. The first-order chi connectivity index (χ1) is 21.6. The Bertz CT molecular complexity index is 1610. The lowest BCUT2D eigenvalue weighted by Gasteiger charge is -2.30. The molecule has 4 saturated heterocycles. The van der Waals surface area contributed by atoms with Crippen LogP contribution >= 0.6 is 0 Å². The minimum Gasteiger partial charge on any atom is -0.383 e. The standard InChI is InChI=1S/C16H21N3O4.C15H19N3O4/c1-5-7-21-12-11-14(23-16(12,6-2)9-22-11)19-8-10(3)13(17-4)18-15(19)20;1-4-6-20-11-10-13(22-15(11,5-2)8-21-10)18-7-9(3)12(16)17-14(18)19/h1,8,11-12,14H,6-7,9H2,2-4H3,(H,17,18,20);1,7,10-11,13H,5-6,8H2,2-3H3,(H2,16,17,19)/t11-,12?,14+,16-;10-,11?,13+,15-/m00/s1. The number of ether oxygens (including phenoxy) is 6. The van der Waals surface area contributed by atoms with Crippen molar-refractivity contribution in [1.82, 2.24) is 19.1 Å². The van der Waals surface area contributed by atoms with E-state index >= 15 is 0 Å². The highest BCUT2D eigenvalue weighted by Crippen LogP contribution is 2.49. The monoisotopic (exact) mass is 624 g/mol. The third-order valence-corrected chi connectivity index (χ3v) is 8.93. The summed E-state index contributed by atoms with van der Waals surface area (Å²) in [7, 11) is 1.73. The van der Waals surface area contributed by atoms with Gasteiger partial charge in [-0.1, -0.05) is 25.7 Å². The van der Waals surface area contributed by atoms with Crippen molar-refractivity contribution in [3.8, 4) is 24.7 Å². The van der Waals surface area contributed by atoms with Gasteiger partial charge in [0.15, 0.2) is 12.5 Å². The van der Waals surface area contributed by atoms with Crippen molar-refractivity contribution in [2.45, 2.75) is 88.6 Å². The van der Waals surface area contributed by atoms with Gasteiger partial charge in [-0.2, -0.15) is 9.97 Å². The number of aryl methyl sites for hydroxylation is 2. The highest BCUT2D eigenvalue weighted by molar-refractivity contribution is 5.40. The third kappa shape index (κ3) is 5.63. The number of aromatic nitrogens is 4. The van der Waals surface area contributed by atoms with Crippen molar-refractivity contribution in [3.05, 3.63) is 44.5 Å².